The maximum Gasteiger partial charge on any atom is 0.255 e. The average Bonchev–Trinajstić information content (AvgIpc) is 2.88. The van der Waals surface area contributed by atoms with Crippen molar-refractivity contribution >= 4 is 34.8 Å². The molecule has 12 nitrogen and oxygen atoms in total. The molecule has 5 atom stereocenters. The number of nitrogens with two attached hydrogens (primary N) is 1. The zero-order valence-corrected chi connectivity index (χ0v) is 23.1. The van der Waals surface area contributed by atoms with Crippen LogP contribution >= 0.6 is 0 Å². The van der Waals surface area contributed by atoms with Crippen LogP contribution in [-0.4, -0.2) is 99.0 Å². The highest BCUT2D eigenvalue weighted by atomic mass is 19.1. The van der Waals surface area contributed by atoms with Gasteiger partial charge in [0.05, 0.1) is 23.3 Å². The summed E-state index contributed by atoms with van der Waals surface area (Å²) in [6.45, 7) is 2.52. The molecule has 4 aliphatic rings. The number of hydrogen-bond acceptors (Lipinski definition) is 10. The van der Waals surface area contributed by atoms with Crippen LogP contribution in [0.1, 0.15) is 36.5 Å². The van der Waals surface area contributed by atoms with E-state index in [9.17, 15) is 39.6 Å². The van der Waals surface area contributed by atoms with Gasteiger partial charge in [-0.3, -0.25) is 29.0 Å². The Hall–Kier alpha value is -3.81. The van der Waals surface area contributed by atoms with Crippen molar-refractivity contribution < 1.29 is 44.0 Å². The molecule has 3 aliphatic carbocycles. The Kier molecular flexibility index (Phi) is 6.75. The van der Waals surface area contributed by atoms with Crippen LogP contribution in [0.2, 0.25) is 0 Å². The summed E-state index contributed by atoms with van der Waals surface area (Å²) in [5, 5.41) is 47.6. The minimum Gasteiger partial charge on any atom is -0.508 e. The van der Waals surface area contributed by atoms with Gasteiger partial charge in [-0.15, -0.1) is 0 Å². The third-order valence-electron chi connectivity index (χ3n) is 8.98. The van der Waals surface area contributed by atoms with Crippen molar-refractivity contribution in [3.63, 3.8) is 0 Å². The Morgan fingerprint density at radius 2 is 1.78 bits per heavy atom. The number of aliphatic hydroxyl groups is 3. The second-order valence-electron chi connectivity index (χ2n) is 11.5. The number of Topliss-reactive ketones (excluding diaryl/α,β-unsaturated/α-hetero) is 2. The number of aliphatic hydroxyl groups excluding tert-OH is 2. The van der Waals surface area contributed by atoms with E-state index < -0.39 is 92.7 Å². The number of anilines is 1. The summed E-state index contributed by atoms with van der Waals surface area (Å²) in [5.74, 6) is -9.43. The molecule has 0 spiro atoms. The number of benzene rings is 1. The number of likely N-dealkylation sites (N-methyl/N-ethyl adjacent to an activating group) is 2. The van der Waals surface area contributed by atoms with E-state index in [2.05, 4.69) is 5.32 Å². The number of carbonyl (C=O) groups is 4. The smallest absolute Gasteiger partial charge is 0.255 e. The molecule has 7 N–H and O–H groups in total. The number of rotatable bonds is 5. The summed E-state index contributed by atoms with van der Waals surface area (Å²) in [5.41, 5.74) is 0.595. The van der Waals surface area contributed by atoms with Gasteiger partial charge in [-0.05, 0) is 52.9 Å². The molecule has 1 heterocycles. The molecule has 1 aromatic rings. The lowest BCUT2D eigenvalue weighted by atomic mass is 9.57. The molecule has 0 bridgehead atoms. The van der Waals surface area contributed by atoms with E-state index >= 15 is 4.39 Å². The lowest BCUT2D eigenvalue weighted by Crippen LogP contribution is -2.65. The predicted molar refractivity (Wildman–Crippen MR) is 143 cm³/mol. The molecule has 13 heteroatoms. The van der Waals surface area contributed by atoms with Crippen molar-refractivity contribution in [2.75, 3.05) is 33.0 Å². The van der Waals surface area contributed by atoms with Crippen molar-refractivity contribution in [3.8, 4) is 5.75 Å². The van der Waals surface area contributed by atoms with E-state index in [0.717, 1.165) is 6.42 Å². The van der Waals surface area contributed by atoms with Crippen molar-refractivity contribution in [2.45, 2.75) is 50.3 Å². The fraction of sp³-hybridized carbons (Fsp3) is 0.500. The quantitative estimate of drug-likeness (QED) is 0.211. The monoisotopic (exact) mass is 572 g/mol. The summed E-state index contributed by atoms with van der Waals surface area (Å²) >= 11 is 0. The zero-order valence-electron chi connectivity index (χ0n) is 23.1. The van der Waals surface area contributed by atoms with E-state index in [1.54, 1.807) is 11.9 Å². The van der Waals surface area contributed by atoms with Crippen LogP contribution in [0.3, 0.4) is 0 Å². The summed E-state index contributed by atoms with van der Waals surface area (Å²) in [4.78, 5) is 55.2. The lowest BCUT2D eigenvalue weighted by molar-refractivity contribution is -0.153. The van der Waals surface area contributed by atoms with Gasteiger partial charge in [-0.2, -0.15) is 0 Å². The van der Waals surface area contributed by atoms with E-state index in [-0.39, 0.29) is 36.1 Å². The van der Waals surface area contributed by atoms with Gasteiger partial charge in [0, 0.05) is 29.0 Å². The first-order valence-electron chi connectivity index (χ1n) is 13.4. The molecular formula is C28H33FN4O8. The van der Waals surface area contributed by atoms with Crippen LogP contribution in [0.5, 0.6) is 5.75 Å². The van der Waals surface area contributed by atoms with Crippen LogP contribution in [-0.2, 0) is 32.0 Å². The fourth-order valence-corrected chi connectivity index (χ4v) is 7.07. The van der Waals surface area contributed by atoms with Gasteiger partial charge in [-0.25, -0.2) is 4.39 Å². The zero-order chi connectivity index (χ0) is 30.3. The van der Waals surface area contributed by atoms with Gasteiger partial charge >= 0.3 is 0 Å². The van der Waals surface area contributed by atoms with Gasteiger partial charge in [0.2, 0.25) is 11.7 Å². The molecule has 1 aliphatic heterocycles. The first-order chi connectivity index (χ1) is 19.2. The van der Waals surface area contributed by atoms with E-state index in [0.29, 0.717) is 6.54 Å². The summed E-state index contributed by atoms with van der Waals surface area (Å²) in [7, 11) is 4.74. The van der Waals surface area contributed by atoms with Gasteiger partial charge in [0.25, 0.3) is 5.91 Å². The number of nitrogens with zero attached hydrogens (tertiary/aromatic N) is 2. The third kappa shape index (κ3) is 3.82. The highest BCUT2D eigenvalue weighted by Gasteiger charge is 2.64. The van der Waals surface area contributed by atoms with Crippen molar-refractivity contribution in [3.05, 3.63) is 39.4 Å². The summed E-state index contributed by atoms with van der Waals surface area (Å²) < 4.78 is 16.2. The summed E-state index contributed by atoms with van der Waals surface area (Å²) in [6.07, 6.45) is 0.406. The highest BCUT2D eigenvalue weighted by molar-refractivity contribution is 6.24. The number of amides is 2. The molecule has 1 fully saturated rings. The SMILES string of the molecule is CCCN(C)C1Cc2c(F)c3c(c(O)c2NC1=O)C(O)=C1C(=O)[C@@]2(O)C(O)=C(C(N)=O)C(=O)[C@H](N(C)C)[C@H]2C[C@H]1C3. The van der Waals surface area contributed by atoms with Gasteiger partial charge in [0.15, 0.2) is 17.1 Å². The number of halogens is 1. The molecule has 1 aromatic carbocycles. The van der Waals surface area contributed by atoms with Crippen LogP contribution in [0, 0.1) is 17.7 Å². The third-order valence-corrected chi connectivity index (χ3v) is 8.98. The molecule has 0 saturated heterocycles. The van der Waals surface area contributed by atoms with Crippen LogP contribution in [0.25, 0.3) is 5.76 Å². The standard InChI is InChI=1S/C28H33FN4O8/c1-5-6-33(4)14-9-12-18(29)11-7-10-8-13-20(32(2)3)23(36)17(26(30)39)25(38)28(13,41)24(37)15(10)21(34)16(11)22(35)19(12)31-27(14)40/h10,13-14,20,34-35,38,41H,5-9H2,1-4H3,(H2,30,39)(H,31,40)/t10-,13-,14?,20-,28-/m1/s1. The number of phenols is 1. The number of carbonyl (C=O) groups excluding carboxylic acids is 4. The molecule has 2 amide bonds. The molecule has 41 heavy (non-hydrogen) atoms. The van der Waals surface area contributed by atoms with E-state index in [1.807, 2.05) is 6.92 Å². The number of phenolic OH excluding ortho intramolecular Hbond substituents is 1. The minimum absolute atomic E-state index is 0.0284. The number of hydrogen-bond donors (Lipinski definition) is 6. The van der Waals surface area contributed by atoms with Crippen molar-refractivity contribution in [1.29, 1.82) is 0 Å². The number of ketones is 2. The largest absolute Gasteiger partial charge is 0.508 e. The molecule has 1 unspecified atom stereocenters. The maximum absolute atomic E-state index is 16.2. The van der Waals surface area contributed by atoms with Gasteiger partial charge in [0.1, 0.15) is 22.9 Å². The number of primary amides is 1. The minimum atomic E-state index is -2.79. The van der Waals surface area contributed by atoms with Gasteiger partial charge < -0.3 is 31.5 Å². The molecule has 0 radical (unpaired) electrons. The van der Waals surface area contributed by atoms with Crippen LogP contribution in [0.15, 0.2) is 16.9 Å². The Morgan fingerprint density at radius 1 is 1.12 bits per heavy atom. The Balaban J connectivity index is 1.69. The second kappa shape index (κ2) is 9.64. The predicted octanol–water partition coefficient (Wildman–Crippen LogP) is 0.308. The van der Waals surface area contributed by atoms with Crippen molar-refractivity contribution in [1.82, 2.24) is 9.80 Å². The van der Waals surface area contributed by atoms with E-state index in [4.69, 9.17) is 5.73 Å². The van der Waals surface area contributed by atoms with Crippen LogP contribution in [0.4, 0.5) is 10.1 Å². The number of nitrogens with one attached hydrogen (secondary N) is 1. The molecule has 5 rings (SSSR count). The Bertz CT molecular complexity index is 1480. The fourth-order valence-electron chi connectivity index (χ4n) is 7.07. The van der Waals surface area contributed by atoms with Gasteiger partial charge in [-0.1, -0.05) is 6.92 Å². The molecule has 220 valence electrons. The number of fused-ring (bicyclic) bond motifs is 4. The van der Waals surface area contributed by atoms with E-state index in [1.165, 1.54) is 19.0 Å². The molecular weight excluding hydrogens is 539 g/mol. The maximum atomic E-state index is 16.2. The second-order valence-corrected chi connectivity index (χ2v) is 11.5. The first kappa shape index (κ1) is 28.7. The Morgan fingerprint density at radius 3 is 2.37 bits per heavy atom. The molecule has 0 aromatic heterocycles. The first-order valence-corrected chi connectivity index (χ1v) is 13.4. The highest BCUT2D eigenvalue weighted by Crippen LogP contribution is 2.54. The lowest BCUT2D eigenvalue weighted by Gasteiger charge is -2.50. The molecule has 1 saturated carbocycles. The average molecular weight is 573 g/mol. The normalized spacial score (nSPS) is 29.3. The topological polar surface area (TPSA) is 194 Å². The summed E-state index contributed by atoms with van der Waals surface area (Å²) in [6, 6.07) is -1.92. The Labute approximate surface area is 234 Å². The number of aromatic hydroxyl groups is 1. The van der Waals surface area contributed by atoms with Crippen molar-refractivity contribution in [2.24, 2.45) is 17.6 Å². The van der Waals surface area contributed by atoms with Crippen LogP contribution < -0.4 is 11.1 Å².